The maximum absolute atomic E-state index is 10.3. The second-order valence-electron chi connectivity index (χ2n) is 5.99. The molecule has 0 radical (unpaired) electrons. The van der Waals surface area contributed by atoms with Crippen LogP contribution in [-0.4, -0.2) is 35.2 Å². The van der Waals surface area contributed by atoms with E-state index in [0.717, 1.165) is 31.3 Å². The average Bonchev–Trinajstić information content (AvgIpc) is 2.29. The predicted molar refractivity (Wildman–Crippen MR) is 74.1 cm³/mol. The van der Waals surface area contributed by atoms with Crippen molar-refractivity contribution in [2.24, 2.45) is 11.8 Å². The Labute approximate surface area is 107 Å². The minimum absolute atomic E-state index is 0.0944. The van der Waals surface area contributed by atoms with Crippen LogP contribution in [0.25, 0.3) is 0 Å². The SMILES string of the molecule is CCCN(CCC)C1CC(C(C)C)CCC1O. The molecule has 0 amide bonds. The Hall–Kier alpha value is -0.0800. The van der Waals surface area contributed by atoms with Crippen molar-refractivity contribution in [3.05, 3.63) is 0 Å². The molecular weight excluding hydrogens is 210 g/mol. The molecular formula is C15H31NO. The molecule has 102 valence electrons. The zero-order chi connectivity index (χ0) is 12.8. The van der Waals surface area contributed by atoms with E-state index in [4.69, 9.17) is 0 Å². The van der Waals surface area contributed by atoms with Gasteiger partial charge in [-0.3, -0.25) is 4.90 Å². The van der Waals surface area contributed by atoms with Crippen molar-refractivity contribution in [1.29, 1.82) is 0 Å². The van der Waals surface area contributed by atoms with E-state index in [1.54, 1.807) is 0 Å². The highest BCUT2D eigenvalue weighted by Crippen LogP contribution is 2.32. The summed E-state index contributed by atoms with van der Waals surface area (Å²) in [5.41, 5.74) is 0. The Bertz CT molecular complexity index is 199. The molecule has 0 aliphatic heterocycles. The van der Waals surface area contributed by atoms with Crippen molar-refractivity contribution in [3.8, 4) is 0 Å². The van der Waals surface area contributed by atoms with Crippen molar-refractivity contribution in [1.82, 2.24) is 4.90 Å². The summed E-state index contributed by atoms with van der Waals surface area (Å²) in [6.45, 7) is 11.4. The number of nitrogens with zero attached hydrogens (tertiary/aromatic N) is 1. The van der Waals surface area contributed by atoms with Gasteiger partial charge < -0.3 is 5.11 Å². The van der Waals surface area contributed by atoms with E-state index in [1.165, 1.54) is 25.7 Å². The van der Waals surface area contributed by atoms with Crippen molar-refractivity contribution in [3.63, 3.8) is 0 Å². The van der Waals surface area contributed by atoms with Crippen LogP contribution in [-0.2, 0) is 0 Å². The summed E-state index contributed by atoms with van der Waals surface area (Å²) in [6, 6.07) is 0.413. The first kappa shape index (κ1) is 15.0. The second-order valence-corrected chi connectivity index (χ2v) is 5.99. The standard InChI is InChI=1S/C15H31NO/c1-5-9-16(10-6-2)14-11-13(12(3)4)7-8-15(14)17/h12-15,17H,5-11H2,1-4H3. The summed E-state index contributed by atoms with van der Waals surface area (Å²) < 4.78 is 0. The molecule has 1 aliphatic carbocycles. The van der Waals surface area contributed by atoms with Gasteiger partial charge in [-0.05, 0) is 57.0 Å². The van der Waals surface area contributed by atoms with Gasteiger partial charge in [0.05, 0.1) is 6.10 Å². The van der Waals surface area contributed by atoms with E-state index in [9.17, 15) is 5.11 Å². The molecule has 3 unspecified atom stereocenters. The number of aliphatic hydroxyl groups excluding tert-OH is 1. The van der Waals surface area contributed by atoms with Gasteiger partial charge in [0.1, 0.15) is 0 Å². The molecule has 1 saturated carbocycles. The Morgan fingerprint density at radius 1 is 1.12 bits per heavy atom. The average molecular weight is 241 g/mol. The van der Waals surface area contributed by atoms with Crippen molar-refractivity contribution in [2.45, 2.75) is 71.9 Å². The Kier molecular flexibility index (Phi) is 6.50. The molecule has 0 heterocycles. The van der Waals surface area contributed by atoms with Crippen LogP contribution in [0.2, 0.25) is 0 Å². The topological polar surface area (TPSA) is 23.5 Å². The summed E-state index contributed by atoms with van der Waals surface area (Å²) in [5, 5.41) is 10.3. The van der Waals surface area contributed by atoms with Gasteiger partial charge in [-0.2, -0.15) is 0 Å². The van der Waals surface area contributed by atoms with Gasteiger partial charge in [-0.1, -0.05) is 27.7 Å². The zero-order valence-corrected chi connectivity index (χ0v) is 12.2. The first-order valence-electron chi connectivity index (χ1n) is 7.52. The molecule has 0 spiro atoms. The van der Waals surface area contributed by atoms with E-state index in [2.05, 4.69) is 32.6 Å². The van der Waals surface area contributed by atoms with Gasteiger partial charge in [0, 0.05) is 6.04 Å². The fraction of sp³-hybridized carbons (Fsp3) is 1.00. The molecule has 2 heteroatoms. The van der Waals surface area contributed by atoms with E-state index < -0.39 is 0 Å². The predicted octanol–water partition coefficient (Wildman–Crippen LogP) is 3.29. The third kappa shape index (κ3) is 4.26. The van der Waals surface area contributed by atoms with Gasteiger partial charge >= 0.3 is 0 Å². The molecule has 2 nitrogen and oxygen atoms in total. The van der Waals surface area contributed by atoms with Crippen molar-refractivity contribution in [2.75, 3.05) is 13.1 Å². The summed E-state index contributed by atoms with van der Waals surface area (Å²) in [5.74, 6) is 1.56. The molecule has 0 aromatic rings. The molecule has 1 N–H and O–H groups in total. The molecule has 1 fully saturated rings. The minimum Gasteiger partial charge on any atom is -0.391 e. The number of hydrogen-bond acceptors (Lipinski definition) is 2. The summed E-state index contributed by atoms with van der Waals surface area (Å²) in [6.07, 6.45) is 5.69. The Morgan fingerprint density at radius 3 is 2.18 bits per heavy atom. The summed E-state index contributed by atoms with van der Waals surface area (Å²) in [4.78, 5) is 2.53. The Morgan fingerprint density at radius 2 is 1.71 bits per heavy atom. The van der Waals surface area contributed by atoms with Gasteiger partial charge in [-0.15, -0.1) is 0 Å². The van der Waals surface area contributed by atoms with Gasteiger partial charge in [0.2, 0.25) is 0 Å². The summed E-state index contributed by atoms with van der Waals surface area (Å²) >= 11 is 0. The maximum atomic E-state index is 10.3. The highest BCUT2D eigenvalue weighted by molar-refractivity contribution is 4.87. The smallest absolute Gasteiger partial charge is 0.0695 e. The number of hydrogen-bond donors (Lipinski definition) is 1. The molecule has 1 aliphatic rings. The van der Waals surface area contributed by atoms with E-state index in [0.29, 0.717) is 6.04 Å². The number of rotatable bonds is 6. The van der Waals surface area contributed by atoms with Crippen LogP contribution in [0.15, 0.2) is 0 Å². The fourth-order valence-electron chi connectivity index (χ4n) is 3.18. The van der Waals surface area contributed by atoms with Gasteiger partial charge in [0.15, 0.2) is 0 Å². The van der Waals surface area contributed by atoms with Crippen LogP contribution >= 0.6 is 0 Å². The normalized spacial score (nSPS) is 30.2. The molecule has 3 atom stereocenters. The number of aliphatic hydroxyl groups is 1. The zero-order valence-electron chi connectivity index (χ0n) is 12.2. The highest BCUT2D eigenvalue weighted by Gasteiger charge is 2.33. The molecule has 0 aromatic carbocycles. The molecule has 0 saturated heterocycles. The van der Waals surface area contributed by atoms with E-state index in [1.807, 2.05) is 0 Å². The first-order valence-corrected chi connectivity index (χ1v) is 7.52. The lowest BCUT2D eigenvalue weighted by molar-refractivity contribution is -0.00456. The van der Waals surface area contributed by atoms with Gasteiger partial charge in [-0.25, -0.2) is 0 Å². The molecule has 0 bridgehead atoms. The monoisotopic (exact) mass is 241 g/mol. The van der Waals surface area contributed by atoms with Crippen LogP contribution in [0.5, 0.6) is 0 Å². The Balaban J connectivity index is 2.62. The fourth-order valence-corrected chi connectivity index (χ4v) is 3.18. The third-order valence-electron chi connectivity index (χ3n) is 4.26. The van der Waals surface area contributed by atoms with Crippen molar-refractivity contribution < 1.29 is 5.11 Å². The highest BCUT2D eigenvalue weighted by atomic mass is 16.3. The van der Waals surface area contributed by atoms with Crippen LogP contribution < -0.4 is 0 Å². The lowest BCUT2D eigenvalue weighted by Gasteiger charge is -2.41. The van der Waals surface area contributed by atoms with Crippen LogP contribution in [0.4, 0.5) is 0 Å². The first-order chi connectivity index (χ1) is 8.10. The van der Waals surface area contributed by atoms with Crippen LogP contribution in [0.1, 0.15) is 59.8 Å². The van der Waals surface area contributed by atoms with Gasteiger partial charge in [0.25, 0.3) is 0 Å². The quantitative estimate of drug-likeness (QED) is 0.771. The van der Waals surface area contributed by atoms with Crippen molar-refractivity contribution >= 4 is 0 Å². The lowest BCUT2D eigenvalue weighted by Crippen LogP contribution is -2.48. The summed E-state index contributed by atoms with van der Waals surface area (Å²) in [7, 11) is 0. The molecule has 0 aromatic heterocycles. The second kappa shape index (κ2) is 7.38. The maximum Gasteiger partial charge on any atom is 0.0695 e. The van der Waals surface area contributed by atoms with Crippen LogP contribution in [0.3, 0.4) is 0 Å². The molecule has 17 heavy (non-hydrogen) atoms. The third-order valence-corrected chi connectivity index (χ3v) is 4.26. The molecule has 1 rings (SSSR count). The van der Waals surface area contributed by atoms with E-state index >= 15 is 0 Å². The van der Waals surface area contributed by atoms with Crippen LogP contribution in [0, 0.1) is 11.8 Å². The van der Waals surface area contributed by atoms with E-state index in [-0.39, 0.29) is 6.10 Å². The minimum atomic E-state index is -0.0944. The lowest BCUT2D eigenvalue weighted by atomic mass is 9.77. The largest absolute Gasteiger partial charge is 0.391 e.